The SMILES string of the molecule is CCCC(C)OCCC(C)(C)NC(=O)CCC(C)OCCC(C)(C)NC(=O)C(C)COC(C)(C)CCNC. The van der Waals surface area contributed by atoms with E-state index in [0.29, 0.717) is 39.1 Å². The Balaban J connectivity index is 4.28. The summed E-state index contributed by atoms with van der Waals surface area (Å²) in [6.07, 6.45) is 5.78. The molecule has 0 rings (SSSR count). The Kier molecular flexibility index (Phi) is 17.6. The van der Waals surface area contributed by atoms with Crippen LogP contribution in [0, 0.1) is 5.92 Å². The predicted octanol–water partition coefficient (Wildman–Crippen LogP) is 4.99. The molecule has 3 N–H and O–H groups in total. The van der Waals surface area contributed by atoms with E-state index in [2.05, 4.69) is 29.8 Å². The summed E-state index contributed by atoms with van der Waals surface area (Å²) in [4.78, 5) is 25.2. The molecule has 2 amide bonds. The number of hydrogen-bond acceptors (Lipinski definition) is 6. The number of ether oxygens (including phenoxy) is 3. The Morgan fingerprint density at radius 3 is 1.84 bits per heavy atom. The molecule has 0 aliphatic carbocycles. The fourth-order valence-electron chi connectivity index (χ4n) is 3.88. The van der Waals surface area contributed by atoms with Crippen LogP contribution in [0.5, 0.6) is 0 Å². The standard InChI is InChI=1S/C30H61N3O5/c1-12-13-24(3)36-20-17-28(5,6)32-26(34)15-14-25(4)37-21-18-29(7,8)33-27(35)23(2)22-38-30(9,10)16-19-31-11/h23-25,31H,12-22H2,1-11H3,(H,32,34)(H,33,35). The van der Waals surface area contributed by atoms with Crippen molar-refractivity contribution in [2.75, 3.05) is 33.4 Å². The predicted molar refractivity (Wildman–Crippen MR) is 156 cm³/mol. The van der Waals surface area contributed by atoms with E-state index in [1.54, 1.807) is 0 Å². The minimum absolute atomic E-state index is 0.0167. The van der Waals surface area contributed by atoms with Gasteiger partial charge in [0.25, 0.3) is 0 Å². The highest BCUT2D eigenvalue weighted by Crippen LogP contribution is 2.17. The topological polar surface area (TPSA) is 97.9 Å². The van der Waals surface area contributed by atoms with Crippen LogP contribution in [-0.4, -0.2) is 74.1 Å². The Bertz CT molecular complexity index is 666. The van der Waals surface area contributed by atoms with Crippen molar-refractivity contribution in [3.05, 3.63) is 0 Å². The molecule has 0 radical (unpaired) electrons. The minimum Gasteiger partial charge on any atom is -0.378 e. The van der Waals surface area contributed by atoms with Crippen LogP contribution in [0.15, 0.2) is 0 Å². The van der Waals surface area contributed by atoms with Crippen LogP contribution < -0.4 is 16.0 Å². The van der Waals surface area contributed by atoms with Crippen molar-refractivity contribution in [1.82, 2.24) is 16.0 Å². The molecule has 0 spiro atoms. The molecule has 0 aromatic rings. The first-order valence-corrected chi connectivity index (χ1v) is 14.7. The summed E-state index contributed by atoms with van der Waals surface area (Å²) in [5.74, 6) is -0.223. The first-order valence-electron chi connectivity index (χ1n) is 14.7. The highest BCUT2D eigenvalue weighted by Gasteiger charge is 2.26. The van der Waals surface area contributed by atoms with E-state index in [1.807, 2.05) is 62.4 Å². The molecular weight excluding hydrogens is 482 g/mol. The average molecular weight is 544 g/mol. The van der Waals surface area contributed by atoms with Crippen LogP contribution in [-0.2, 0) is 23.8 Å². The van der Waals surface area contributed by atoms with Gasteiger partial charge in [-0.1, -0.05) is 20.3 Å². The van der Waals surface area contributed by atoms with Gasteiger partial charge in [0.05, 0.1) is 30.3 Å². The van der Waals surface area contributed by atoms with E-state index in [4.69, 9.17) is 14.2 Å². The maximum atomic E-state index is 12.7. The zero-order valence-electron chi connectivity index (χ0n) is 26.6. The Labute approximate surface area is 234 Å². The second kappa shape index (κ2) is 18.2. The van der Waals surface area contributed by atoms with Gasteiger partial charge < -0.3 is 30.2 Å². The third kappa shape index (κ3) is 18.9. The normalized spacial score (nSPS) is 15.1. The Morgan fingerprint density at radius 1 is 0.789 bits per heavy atom. The van der Waals surface area contributed by atoms with Crippen molar-refractivity contribution in [3.8, 4) is 0 Å². The number of nitrogens with one attached hydrogen (secondary N) is 3. The van der Waals surface area contributed by atoms with E-state index in [0.717, 1.165) is 32.2 Å². The van der Waals surface area contributed by atoms with Crippen LogP contribution in [0.1, 0.15) is 114 Å². The molecule has 38 heavy (non-hydrogen) atoms. The summed E-state index contributed by atoms with van der Waals surface area (Å²) in [6.45, 7) is 22.7. The van der Waals surface area contributed by atoms with Gasteiger partial charge in [-0.05, 0) is 101 Å². The molecule has 3 unspecified atom stereocenters. The first kappa shape index (κ1) is 36.8. The first-order chi connectivity index (χ1) is 17.5. The number of carbonyl (C=O) groups is 2. The van der Waals surface area contributed by atoms with E-state index in [-0.39, 0.29) is 41.1 Å². The van der Waals surface area contributed by atoms with Gasteiger partial charge in [0, 0.05) is 30.7 Å². The van der Waals surface area contributed by atoms with Crippen LogP contribution in [0.3, 0.4) is 0 Å². The second-order valence-electron chi connectivity index (χ2n) is 12.8. The van der Waals surface area contributed by atoms with Gasteiger partial charge in [0.2, 0.25) is 11.8 Å². The molecule has 3 atom stereocenters. The van der Waals surface area contributed by atoms with Gasteiger partial charge in [-0.15, -0.1) is 0 Å². The summed E-state index contributed by atoms with van der Waals surface area (Å²) in [5.41, 5.74) is -0.976. The molecule has 226 valence electrons. The minimum atomic E-state index is -0.398. The van der Waals surface area contributed by atoms with Crippen LogP contribution >= 0.6 is 0 Å². The highest BCUT2D eigenvalue weighted by molar-refractivity contribution is 5.79. The molecule has 0 fully saturated rings. The molecule has 0 aromatic carbocycles. The third-order valence-electron chi connectivity index (χ3n) is 6.82. The van der Waals surface area contributed by atoms with E-state index < -0.39 is 5.54 Å². The van der Waals surface area contributed by atoms with Crippen molar-refractivity contribution < 1.29 is 23.8 Å². The monoisotopic (exact) mass is 543 g/mol. The van der Waals surface area contributed by atoms with Crippen molar-refractivity contribution in [1.29, 1.82) is 0 Å². The van der Waals surface area contributed by atoms with Gasteiger partial charge in [0.15, 0.2) is 0 Å². The molecular formula is C30H61N3O5. The van der Waals surface area contributed by atoms with Crippen LogP contribution in [0.2, 0.25) is 0 Å². The molecule has 8 nitrogen and oxygen atoms in total. The van der Waals surface area contributed by atoms with E-state index >= 15 is 0 Å². The number of carbonyl (C=O) groups excluding carboxylic acids is 2. The number of rotatable bonds is 22. The lowest BCUT2D eigenvalue weighted by Crippen LogP contribution is -2.47. The van der Waals surface area contributed by atoms with E-state index in [1.165, 1.54) is 0 Å². The molecule has 0 bridgehead atoms. The lowest BCUT2D eigenvalue weighted by Gasteiger charge is -2.30. The van der Waals surface area contributed by atoms with Crippen molar-refractivity contribution in [2.45, 2.75) is 143 Å². The molecule has 0 saturated carbocycles. The third-order valence-corrected chi connectivity index (χ3v) is 6.82. The fourth-order valence-corrected chi connectivity index (χ4v) is 3.88. The number of hydrogen-bond donors (Lipinski definition) is 3. The molecule has 0 aromatic heterocycles. The molecule has 0 aliphatic rings. The molecule has 0 saturated heterocycles. The fraction of sp³-hybridized carbons (Fsp3) is 0.933. The molecule has 0 aliphatic heterocycles. The maximum Gasteiger partial charge on any atom is 0.225 e. The maximum absolute atomic E-state index is 12.7. The van der Waals surface area contributed by atoms with Gasteiger partial charge in [0.1, 0.15) is 0 Å². The Morgan fingerprint density at radius 2 is 1.32 bits per heavy atom. The van der Waals surface area contributed by atoms with E-state index in [9.17, 15) is 9.59 Å². The lowest BCUT2D eigenvalue weighted by atomic mass is 9.99. The van der Waals surface area contributed by atoms with Crippen LogP contribution in [0.25, 0.3) is 0 Å². The largest absolute Gasteiger partial charge is 0.378 e. The lowest BCUT2D eigenvalue weighted by molar-refractivity contribution is -0.131. The van der Waals surface area contributed by atoms with Crippen molar-refractivity contribution >= 4 is 11.8 Å². The summed E-state index contributed by atoms with van der Waals surface area (Å²) < 4.78 is 17.8. The summed E-state index contributed by atoms with van der Waals surface area (Å²) in [5, 5.41) is 9.39. The van der Waals surface area contributed by atoms with Gasteiger partial charge in [-0.25, -0.2) is 0 Å². The Hall–Kier alpha value is -1.22. The summed E-state index contributed by atoms with van der Waals surface area (Å²) >= 11 is 0. The van der Waals surface area contributed by atoms with Crippen LogP contribution in [0.4, 0.5) is 0 Å². The highest BCUT2D eigenvalue weighted by atomic mass is 16.5. The average Bonchev–Trinajstić information content (AvgIpc) is 2.79. The van der Waals surface area contributed by atoms with Crippen molar-refractivity contribution in [3.63, 3.8) is 0 Å². The molecule has 8 heteroatoms. The zero-order valence-corrected chi connectivity index (χ0v) is 26.6. The molecule has 0 heterocycles. The summed E-state index contributed by atoms with van der Waals surface area (Å²) in [6, 6.07) is 0. The quantitative estimate of drug-likeness (QED) is 0.178. The van der Waals surface area contributed by atoms with Gasteiger partial charge in [-0.2, -0.15) is 0 Å². The smallest absolute Gasteiger partial charge is 0.225 e. The zero-order chi connectivity index (χ0) is 29.4. The number of amides is 2. The van der Waals surface area contributed by atoms with Gasteiger partial charge in [-0.3, -0.25) is 9.59 Å². The van der Waals surface area contributed by atoms with Crippen molar-refractivity contribution in [2.24, 2.45) is 5.92 Å². The summed E-state index contributed by atoms with van der Waals surface area (Å²) in [7, 11) is 1.92. The second-order valence-corrected chi connectivity index (χ2v) is 12.8. The van der Waals surface area contributed by atoms with Gasteiger partial charge >= 0.3 is 0 Å².